The first-order valence-electron chi connectivity index (χ1n) is 9.14. The van der Waals surface area contributed by atoms with E-state index < -0.39 is 20.7 Å². The molecule has 0 atom stereocenters. The summed E-state index contributed by atoms with van der Waals surface area (Å²) in [6, 6.07) is 5.67. The summed E-state index contributed by atoms with van der Waals surface area (Å²) in [5.74, 6) is 0.0960. The van der Waals surface area contributed by atoms with Gasteiger partial charge >= 0.3 is 29.6 Å². The average molecular weight is 412 g/mol. The monoisotopic (exact) mass is 411 g/mol. The number of nitrogens with one attached hydrogen (secondary N) is 1. The number of benzene rings is 1. The second-order valence-electron chi connectivity index (χ2n) is 6.36. The maximum atomic E-state index is 12.0. The molecular formula is C18H30NNaO4S2. The van der Waals surface area contributed by atoms with Gasteiger partial charge in [0.1, 0.15) is 0 Å². The Morgan fingerprint density at radius 3 is 1.73 bits per heavy atom. The van der Waals surface area contributed by atoms with Crippen molar-refractivity contribution in [2.75, 3.05) is 10.5 Å². The Morgan fingerprint density at radius 2 is 1.27 bits per heavy atom. The molecule has 0 radical (unpaired) electrons. The van der Waals surface area contributed by atoms with Crippen molar-refractivity contribution < 1.29 is 46.4 Å². The Kier molecular flexibility index (Phi) is 14.9. The van der Waals surface area contributed by atoms with Gasteiger partial charge in [0.2, 0.25) is 10.0 Å². The summed E-state index contributed by atoms with van der Waals surface area (Å²) in [6.45, 7) is 2.21. The molecule has 26 heavy (non-hydrogen) atoms. The maximum absolute atomic E-state index is 12.0. The van der Waals surface area contributed by atoms with E-state index in [0.29, 0.717) is 12.1 Å². The molecule has 0 bridgehead atoms. The molecule has 0 aromatic heterocycles. The van der Waals surface area contributed by atoms with Crippen molar-refractivity contribution in [1.29, 1.82) is 0 Å². The molecule has 1 aromatic rings. The van der Waals surface area contributed by atoms with Gasteiger partial charge in [-0.1, -0.05) is 81.7 Å². The Hall–Kier alpha value is -0.0800. The SMILES string of the molecule is CCCCCCCCCCCCS(=O)(=O)Nc1ccc([S-](=O)=O)cc1.[Na+]. The third kappa shape index (κ3) is 12.3. The fraction of sp³-hybridized carbons (Fsp3) is 0.667. The molecule has 1 rings (SSSR count). The van der Waals surface area contributed by atoms with Crippen molar-refractivity contribution in [3.05, 3.63) is 24.3 Å². The minimum atomic E-state index is -3.38. The van der Waals surface area contributed by atoms with Gasteiger partial charge < -0.3 is 8.42 Å². The van der Waals surface area contributed by atoms with E-state index in [4.69, 9.17) is 0 Å². The van der Waals surface area contributed by atoms with Crippen LogP contribution in [0.5, 0.6) is 0 Å². The van der Waals surface area contributed by atoms with Crippen LogP contribution in [0.4, 0.5) is 5.69 Å². The van der Waals surface area contributed by atoms with Crippen LogP contribution in [0.15, 0.2) is 29.2 Å². The van der Waals surface area contributed by atoms with Crippen LogP contribution in [0.1, 0.15) is 71.1 Å². The molecule has 0 saturated carbocycles. The quantitative estimate of drug-likeness (QED) is 0.289. The number of rotatable bonds is 14. The smallest absolute Gasteiger partial charge is 0.420 e. The summed E-state index contributed by atoms with van der Waals surface area (Å²) < 4.78 is 48.1. The summed E-state index contributed by atoms with van der Waals surface area (Å²) in [6.07, 6.45) is 11.6. The Bertz CT molecular complexity index is 650. The van der Waals surface area contributed by atoms with Gasteiger partial charge in [0, 0.05) is 5.69 Å². The van der Waals surface area contributed by atoms with Gasteiger partial charge in [0.25, 0.3) is 0 Å². The number of unbranched alkanes of at least 4 members (excludes halogenated alkanes) is 9. The largest absolute Gasteiger partial charge is 1.00 e. The first kappa shape index (κ1) is 25.9. The molecule has 0 amide bonds. The predicted molar refractivity (Wildman–Crippen MR) is 103 cm³/mol. The van der Waals surface area contributed by atoms with Crippen LogP contribution < -0.4 is 34.3 Å². The number of hydrogen-bond donors (Lipinski definition) is 1. The van der Waals surface area contributed by atoms with Gasteiger partial charge in [-0.15, -0.1) is 0 Å². The molecular weight excluding hydrogens is 381 g/mol. The third-order valence-corrected chi connectivity index (χ3v) is 6.12. The standard InChI is InChI=1S/C18H30NO4S2.Na/c1-2-3-4-5-6-7-8-9-10-11-16-25(22,23)19-17-12-14-18(15-13-17)24(20)21;/h12-15,19H,2-11,16H2,1H3;/q-1;+1. The zero-order chi connectivity index (χ0) is 18.5. The molecule has 0 unspecified atom stereocenters. The van der Waals surface area contributed by atoms with Gasteiger partial charge in [-0.3, -0.25) is 4.72 Å². The summed E-state index contributed by atoms with van der Waals surface area (Å²) in [5.41, 5.74) is 0.390. The van der Waals surface area contributed by atoms with Crippen molar-refractivity contribution in [2.24, 2.45) is 0 Å². The van der Waals surface area contributed by atoms with E-state index in [9.17, 15) is 16.8 Å². The van der Waals surface area contributed by atoms with Crippen LogP contribution in [0.25, 0.3) is 0 Å². The van der Waals surface area contributed by atoms with E-state index in [1.165, 1.54) is 69.2 Å². The zero-order valence-electron chi connectivity index (χ0n) is 16.0. The van der Waals surface area contributed by atoms with Crippen molar-refractivity contribution in [3.63, 3.8) is 0 Å². The summed E-state index contributed by atoms with van der Waals surface area (Å²) >= 11 is 0. The second kappa shape index (κ2) is 14.9. The van der Waals surface area contributed by atoms with Crippen molar-refractivity contribution in [1.82, 2.24) is 0 Å². The zero-order valence-corrected chi connectivity index (χ0v) is 19.7. The third-order valence-electron chi connectivity index (χ3n) is 4.09. The maximum Gasteiger partial charge on any atom is 1.00 e. The first-order chi connectivity index (χ1) is 11.9. The number of sulfonamides is 1. The average Bonchev–Trinajstić information content (AvgIpc) is 2.56. The van der Waals surface area contributed by atoms with Crippen LogP contribution in [-0.2, 0) is 29.1 Å². The molecule has 1 aromatic carbocycles. The van der Waals surface area contributed by atoms with Gasteiger partial charge in [-0.05, 0) is 29.3 Å². The topological polar surface area (TPSA) is 80.3 Å². The summed E-state index contributed by atoms with van der Waals surface area (Å²) in [5, 5.41) is 0. The normalized spacial score (nSPS) is 11.3. The minimum Gasteiger partial charge on any atom is -0.420 e. The molecule has 5 nitrogen and oxygen atoms in total. The molecule has 0 aliphatic rings. The van der Waals surface area contributed by atoms with Gasteiger partial charge in [0.15, 0.2) is 0 Å². The van der Waals surface area contributed by atoms with E-state index in [0.717, 1.165) is 12.8 Å². The van der Waals surface area contributed by atoms with E-state index in [2.05, 4.69) is 11.6 Å². The first-order valence-corrected chi connectivity index (χ1v) is 11.9. The fourth-order valence-electron chi connectivity index (χ4n) is 2.64. The van der Waals surface area contributed by atoms with E-state index in [-0.39, 0.29) is 40.2 Å². The fourth-order valence-corrected chi connectivity index (χ4v) is 4.18. The van der Waals surface area contributed by atoms with Gasteiger partial charge in [-0.2, -0.15) is 0 Å². The molecule has 0 saturated heterocycles. The minimum absolute atomic E-state index is 0. The molecule has 0 spiro atoms. The second-order valence-corrected chi connectivity index (χ2v) is 9.14. The van der Waals surface area contributed by atoms with E-state index in [1.807, 2.05) is 0 Å². The van der Waals surface area contributed by atoms with E-state index >= 15 is 0 Å². The van der Waals surface area contributed by atoms with E-state index in [1.54, 1.807) is 0 Å². The molecule has 0 aliphatic carbocycles. The van der Waals surface area contributed by atoms with Crippen molar-refractivity contribution in [2.45, 2.75) is 76.0 Å². The number of anilines is 1. The molecule has 0 heterocycles. The summed E-state index contributed by atoms with van der Waals surface area (Å²) in [4.78, 5) is 0.137. The number of hydrogen-bond acceptors (Lipinski definition) is 5. The molecule has 144 valence electrons. The van der Waals surface area contributed by atoms with Crippen LogP contribution in [0.2, 0.25) is 0 Å². The van der Waals surface area contributed by atoms with Crippen LogP contribution in [0.3, 0.4) is 0 Å². The van der Waals surface area contributed by atoms with Crippen LogP contribution in [0, 0.1) is 0 Å². The van der Waals surface area contributed by atoms with Crippen LogP contribution >= 0.6 is 0 Å². The Labute approximate surface area is 182 Å². The molecule has 8 heteroatoms. The van der Waals surface area contributed by atoms with Crippen molar-refractivity contribution in [3.8, 4) is 0 Å². The van der Waals surface area contributed by atoms with Gasteiger partial charge in [-0.25, -0.2) is 8.42 Å². The van der Waals surface area contributed by atoms with Crippen LogP contribution in [-0.4, -0.2) is 14.2 Å². The molecule has 0 aliphatic heterocycles. The Balaban J connectivity index is 0.00000625. The van der Waals surface area contributed by atoms with Gasteiger partial charge in [0.05, 0.1) is 5.75 Å². The Morgan fingerprint density at radius 1 is 0.808 bits per heavy atom. The summed E-state index contributed by atoms with van der Waals surface area (Å²) in [7, 11) is -5.68. The van der Waals surface area contributed by atoms with Crippen molar-refractivity contribution >= 4 is 26.4 Å². The predicted octanol–water partition coefficient (Wildman–Crippen LogP) is 2.02. The molecule has 0 fully saturated rings. The molecule has 1 N–H and O–H groups in total.